The highest BCUT2D eigenvalue weighted by atomic mass is 35.5. The molecule has 0 spiro atoms. The Kier molecular flexibility index (Phi) is 6.29. The Morgan fingerprint density at radius 2 is 2.16 bits per heavy atom. The maximum atomic E-state index is 13.4. The Labute approximate surface area is 195 Å². The molecule has 2 aromatic heterocycles. The number of carbonyl (C=O) groups excluding carboxylic acids is 1. The average molecular weight is 491 g/mol. The van der Waals surface area contributed by atoms with Crippen molar-refractivity contribution in [3.05, 3.63) is 99.8 Å². The summed E-state index contributed by atoms with van der Waals surface area (Å²) in [6.07, 6.45) is 3.21. The fourth-order valence-corrected chi connectivity index (χ4v) is 5.59. The van der Waals surface area contributed by atoms with Crippen LogP contribution in [0.4, 0.5) is 0 Å². The lowest BCUT2D eigenvalue weighted by Gasteiger charge is -2.23. The van der Waals surface area contributed by atoms with Crippen LogP contribution in [0.5, 0.6) is 0 Å². The topological polar surface area (TPSA) is 60.7 Å². The SMILES string of the molecule is C=CCOC(=O)C1=C(C)N=c2sc(=Cc3ccc(Cl)cc3Cl)c(=O)n2C1c1cccs1. The first-order valence-electron chi connectivity index (χ1n) is 9.19. The highest BCUT2D eigenvalue weighted by Crippen LogP contribution is 2.33. The molecule has 4 rings (SSSR count). The van der Waals surface area contributed by atoms with Crippen LogP contribution in [-0.4, -0.2) is 17.1 Å². The zero-order valence-corrected chi connectivity index (χ0v) is 19.4. The lowest BCUT2D eigenvalue weighted by atomic mass is 10.0. The molecule has 5 nitrogen and oxygen atoms in total. The number of thiophene rings is 1. The van der Waals surface area contributed by atoms with Gasteiger partial charge in [-0.15, -0.1) is 11.3 Å². The molecular formula is C22H16Cl2N2O3S2. The summed E-state index contributed by atoms with van der Waals surface area (Å²) in [5.74, 6) is -0.519. The number of thiazole rings is 1. The van der Waals surface area contributed by atoms with E-state index in [1.54, 1.807) is 35.8 Å². The summed E-state index contributed by atoms with van der Waals surface area (Å²) in [6.45, 7) is 5.40. The molecular weight excluding hydrogens is 475 g/mol. The van der Waals surface area contributed by atoms with E-state index in [0.717, 1.165) is 4.88 Å². The van der Waals surface area contributed by atoms with E-state index < -0.39 is 12.0 Å². The first kappa shape index (κ1) is 21.8. The third kappa shape index (κ3) is 4.19. The normalized spacial score (nSPS) is 16.1. The number of benzene rings is 1. The maximum absolute atomic E-state index is 13.4. The van der Waals surface area contributed by atoms with Gasteiger partial charge in [-0.25, -0.2) is 9.79 Å². The van der Waals surface area contributed by atoms with Crippen LogP contribution in [-0.2, 0) is 9.53 Å². The molecule has 31 heavy (non-hydrogen) atoms. The largest absolute Gasteiger partial charge is 0.458 e. The molecule has 3 aromatic rings. The Morgan fingerprint density at radius 1 is 1.35 bits per heavy atom. The molecule has 1 atom stereocenters. The summed E-state index contributed by atoms with van der Waals surface area (Å²) in [5, 5.41) is 2.86. The van der Waals surface area contributed by atoms with E-state index >= 15 is 0 Å². The van der Waals surface area contributed by atoms with Crippen molar-refractivity contribution in [3.8, 4) is 0 Å². The molecule has 1 aromatic carbocycles. The molecule has 9 heteroatoms. The van der Waals surface area contributed by atoms with Crippen LogP contribution < -0.4 is 14.9 Å². The third-order valence-electron chi connectivity index (χ3n) is 4.64. The summed E-state index contributed by atoms with van der Waals surface area (Å²) in [5.41, 5.74) is 1.28. The van der Waals surface area contributed by atoms with E-state index in [-0.39, 0.29) is 12.2 Å². The van der Waals surface area contributed by atoms with Crippen molar-refractivity contribution in [1.29, 1.82) is 0 Å². The smallest absolute Gasteiger partial charge is 0.338 e. The molecule has 1 aliphatic rings. The van der Waals surface area contributed by atoms with Gasteiger partial charge in [-0.3, -0.25) is 9.36 Å². The predicted molar refractivity (Wildman–Crippen MR) is 126 cm³/mol. The van der Waals surface area contributed by atoms with Gasteiger partial charge in [-0.1, -0.05) is 59.3 Å². The second-order valence-corrected chi connectivity index (χ2v) is 9.48. The molecule has 1 unspecified atom stereocenters. The first-order chi connectivity index (χ1) is 14.9. The fourth-order valence-electron chi connectivity index (χ4n) is 3.27. The van der Waals surface area contributed by atoms with E-state index in [9.17, 15) is 9.59 Å². The van der Waals surface area contributed by atoms with E-state index in [1.165, 1.54) is 28.7 Å². The van der Waals surface area contributed by atoms with Gasteiger partial charge in [0.25, 0.3) is 5.56 Å². The zero-order chi connectivity index (χ0) is 22.1. The highest BCUT2D eigenvalue weighted by Gasteiger charge is 2.33. The zero-order valence-electron chi connectivity index (χ0n) is 16.3. The van der Waals surface area contributed by atoms with Gasteiger partial charge in [0.15, 0.2) is 4.80 Å². The van der Waals surface area contributed by atoms with E-state index in [1.807, 2.05) is 17.5 Å². The number of hydrogen-bond acceptors (Lipinski definition) is 6. The first-order valence-corrected chi connectivity index (χ1v) is 11.6. The van der Waals surface area contributed by atoms with Crippen molar-refractivity contribution in [2.24, 2.45) is 4.99 Å². The number of fused-ring (bicyclic) bond motifs is 1. The van der Waals surface area contributed by atoms with E-state index in [0.29, 0.717) is 36.2 Å². The number of rotatable bonds is 5. The van der Waals surface area contributed by atoms with Gasteiger partial charge in [-0.2, -0.15) is 0 Å². The summed E-state index contributed by atoms with van der Waals surface area (Å²) >= 11 is 15.0. The van der Waals surface area contributed by atoms with Gasteiger partial charge in [0.2, 0.25) is 0 Å². The molecule has 0 N–H and O–H groups in total. The molecule has 0 fully saturated rings. The van der Waals surface area contributed by atoms with Gasteiger partial charge in [-0.05, 0) is 42.1 Å². The number of nitrogens with zero attached hydrogens (tertiary/aromatic N) is 2. The number of esters is 1. The van der Waals surface area contributed by atoms with Crippen molar-refractivity contribution >= 4 is 57.9 Å². The molecule has 0 saturated carbocycles. The van der Waals surface area contributed by atoms with Crippen LogP contribution in [0, 0.1) is 0 Å². The minimum Gasteiger partial charge on any atom is -0.458 e. The van der Waals surface area contributed by atoms with Gasteiger partial charge in [0.05, 0.1) is 15.8 Å². The standard InChI is InChI=1S/C22H16Cl2N2O3S2/c1-3-8-29-21(28)18-12(2)25-22-26(19(18)16-5-4-9-30-16)20(27)17(31-22)10-13-6-7-14(23)11-15(13)24/h3-7,9-11,19H,1,8H2,2H3. The maximum Gasteiger partial charge on any atom is 0.338 e. The second-order valence-electron chi connectivity index (χ2n) is 6.65. The Hall–Kier alpha value is -2.45. The molecule has 0 bridgehead atoms. The minimum absolute atomic E-state index is 0.0757. The number of ether oxygens (including phenoxy) is 1. The number of halogens is 2. The second kappa shape index (κ2) is 8.96. The minimum atomic E-state index is -0.614. The number of aromatic nitrogens is 1. The van der Waals surface area contributed by atoms with Gasteiger partial charge >= 0.3 is 5.97 Å². The quantitative estimate of drug-likeness (QED) is 0.394. The summed E-state index contributed by atoms with van der Waals surface area (Å²) in [4.78, 5) is 32.2. The van der Waals surface area contributed by atoms with E-state index in [4.69, 9.17) is 27.9 Å². The lowest BCUT2D eigenvalue weighted by Crippen LogP contribution is -2.39. The molecule has 0 amide bonds. The van der Waals surface area contributed by atoms with Crippen molar-refractivity contribution in [2.75, 3.05) is 6.61 Å². The van der Waals surface area contributed by atoms with Gasteiger partial charge in [0, 0.05) is 14.9 Å². The summed E-state index contributed by atoms with van der Waals surface area (Å²) in [7, 11) is 0. The van der Waals surface area contributed by atoms with Crippen LogP contribution >= 0.6 is 45.9 Å². The molecule has 158 valence electrons. The van der Waals surface area contributed by atoms with Crippen molar-refractivity contribution in [3.63, 3.8) is 0 Å². The van der Waals surface area contributed by atoms with E-state index in [2.05, 4.69) is 11.6 Å². The van der Waals surface area contributed by atoms with Crippen LogP contribution in [0.1, 0.15) is 23.4 Å². The number of carbonyl (C=O) groups is 1. The Balaban J connectivity index is 1.92. The molecule has 0 saturated heterocycles. The Bertz CT molecular complexity index is 1380. The van der Waals surface area contributed by atoms with Crippen molar-refractivity contribution < 1.29 is 9.53 Å². The van der Waals surface area contributed by atoms with Crippen LogP contribution in [0.15, 0.2) is 69.4 Å². The van der Waals surface area contributed by atoms with Crippen LogP contribution in [0.2, 0.25) is 10.0 Å². The van der Waals surface area contributed by atoms with Gasteiger partial charge in [0.1, 0.15) is 12.6 Å². The molecule has 0 aliphatic carbocycles. The lowest BCUT2D eigenvalue weighted by molar-refractivity contribution is -0.138. The monoisotopic (exact) mass is 490 g/mol. The Morgan fingerprint density at radius 3 is 2.84 bits per heavy atom. The van der Waals surface area contributed by atoms with Crippen LogP contribution in [0.25, 0.3) is 6.08 Å². The van der Waals surface area contributed by atoms with Crippen molar-refractivity contribution in [2.45, 2.75) is 13.0 Å². The third-order valence-corrected chi connectivity index (χ3v) is 7.11. The summed E-state index contributed by atoms with van der Waals surface area (Å²) < 4.78 is 7.30. The summed E-state index contributed by atoms with van der Waals surface area (Å²) in [6, 6.07) is 8.24. The number of allylic oxidation sites excluding steroid dienone is 1. The number of hydrogen-bond donors (Lipinski definition) is 0. The molecule has 0 radical (unpaired) electrons. The molecule has 3 heterocycles. The highest BCUT2D eigenvalue weighted by molar-refractivity contribution is 7.10. The molecule has 1 aliphatic heterocycles. The van der Waals surface area contributed by atoms with Crippen molar-refractivity contribution in [1.82, 2.24) is 4.57 Å². The van der Waals surface area contributed by atoms with Gasteiger partial charge < -0.3 is 4.74 Å². The predicted octanol–water partition coefficient (Wildman–Crippen LogP) is 4.33. The average Bonchev–Trinajstić information content (AvgIpc) is 3.36. The van der Waals surface area contributed by atoms with Crippen LogP contribution in [0.3, 0.4) is 0 Å². The fraction of sp³-hybridized carbons (Fsp3) is 0.136.